The molecule has 0 aliphatic carbocycles. The minimum atomic E-state index is -0.0238. The molecule has 0 atom stereocenters. The molecule has 1 spiro atoms. The average molecular weight is 267 g/mol. The van der Waals surface area contributed by atoms with Crippen LogP contribution in [-0.2, 0) is 9.59 Å². The van der Waals surface area contributed by atoms with E-state index in [1.165, 1.54) is 6.42 Å². The molecule has 0 aromatic heterocycles. The van der Waals surface area contributed by atoms with E-state index in [2.05, 4.69) is 10.6 Å². The summed E-state index contributed by atoms with van der Waals surface area (Å²) in [6.45, 7) is 6.00. The zero-order chi connectivity index (χ0) is 13.7. The van der Waals surface area contributed by atoms with Gasteiger partial charge < -0.3 is 15.5 Å². The van der Waals surface area contributed by atoms with Crippen molar-refractivity contribution in [3.63, 3.8) is 0 Å². The van der Waals surface area contributed by atoms with Crippen molar-refractivity contribution in [2.45, 2.75) is 39.0 Å². The minimum Gasteiger partial charge on any atom is -0.347 e. The van der Waals surface area contributed by atoms with Gasteiger partial charge in [-0.1, -0.05) is 6.92 Å². The van der Waals surface area contributed by atoms with Gasteiger partial charge in [0.15, 0.2) is 0 Å². The Bertz CT molecular complexity index is 328. The lowest BCUT2D eigenvalue weighted by molar-refractivity contribution is -0.134. The average Bonchev–Trinajstić information content (AvgIpc) is 2.86. The van der Waals surface area contributed by atoms with Crippen LogP contribution >= 0.6 is 0 Å². The van der Waals surface area contributed by atoms with Gasteiger partial charge in [-0.15, -0.1) is 0 Å². The van der Waals surface area contributed by atoms with Gasteiger partial charge in [0.05, 0.1) is 6.54 Å². The molecule has 0 saturated carbocycles. The first-order valence-electron chi connectivity index (χ1n) is 7.40. The molecule has 2 heterocycles. The number of carbonyl (C=O) groups is 2. The van der Waals surface area contributed by atoms with E-state index in [1.54, 1.807) is 0 Å². The summed E-state index contributed by atoms with van der Waals surface area (Å²) in [7, 11) is 0. The number of nitrogens with one attached hydrogen (secondary N) is 2. The topological polar surface area (TPSA) is 61.4 Å². The van der Waals surface area contributed by atoms with Crippen molar-refractivity contribution in [1.29, 1.82) is 0 Å². The zero-order valence-corrected chi connectivity index (χ0v) is 11.8. The SMILES string of the molecule is CCCC(=O)NCC(=O)N1CCC2(CCNC2)CC1. The molecule has 2 amide bonds. The highest BCUT2D eigenvalue weighted by Gasteiger charge is 2.37. The predicted octanol–water partition coefficient (Wildman–Crippen LogP) is 0.505. The molecule has 0 unspecified atom stereocenters. The maximum atomic E-state index is 12.0. The van der Waals surface area contributed by atoms with E-state index in [0.29, 0.717) is 11.8 Å². The summed E-state index contributed by atoms with van der Waals surface area (Å²) in [5.41, 5.74) is 0.433. The summed E-state index contributed by atoms with van der Waals surface area (Å²) in [5.74, 6) is 0.0366. The van der Waals surface area contributed by atoms with E-state index in [9.17, 15) is 9.59 Å². The molecule has 19 heavy (non-hydrogen) atoms. The fourth-order valence-electron chi connectivity index (χ4n) is 3.05. The summed E-state index contributed by atoms with van der Waals surface area (Å²) in [4.78, 5) is 25.2. The van der Waals surface area contributed by atoms with Crippen molar-refractivity contribution in [3.05, 3.63) is 0 Å². The van der Waals surface area contributed by atoms with Gasteiger partial charge in [0, 0.05) is 26.1 Å². The van der Waals surface area contributed by atoms with Crippen molar-refractivity contribution in [2.24, 2.45) is 5.41 Å². The van der Waals surface area contributed by atoms with E-state index in [-0.39, 0.29) is 18.4 Å². The molecule has 2 N–H and O–H groups in total. The lowest BCUT2D eigenvalue weighted by atomic mass is 9.78. The van der Waals surface area contributed by atoms with Crippen LogP contribution < -0.4 is 10.6 Å². The zero-order valence-electron chi connectivity index (χ0n) is 11.8. The normalized spacial score (nSPS) is 21.6. The Morgan fingerprint density at radius 2 is 2.00 bits per heavy atom. The van der Waals surface area contributed by atoms with Crippen LogP contribution in [0.4, 0.5) is 0 Å². The van der Waals surface area contributed by atoms with Crippen LogP contribution in [0.25, 0.3) is 0 Å². The molecular weight excluding hydrogens is 242 g/mol. The highest BCUT2D eigenvalue weighted by Crippen LogP contribution is 2.36. The van der Waals surface area contributed by atoms with Crippen LogP contribution in [-0.4, -0.2) is 49.4 Å². The van der Waals surface area contributed by atoms with Crippen LogP contribution in [0, 0.1) is 5.41 Å². The fourth-order valence-corrected chi connectivity index (χ4v) is 3.05. The van der Waals surface area contributed by atoms with E-state index >= 15 is 0 Å². The number of likely N-dealkylation sites (tertiary alicyclic amines) is 1. The molecule has 2 rings (SSSR count). The van der Waals surface area contributed by atoms with Gasteiger partial charge in [-0.3, -0.25) is 9.59 Å². The van der Waals surface area contributed by atoms with Gasteiger partial charge >= 0.3 is 0 Å². The van der Waals surface area contributed by atoms with Gasteiger partial charge in [0.1, 0.15) is 0 Å². The smallest absolute Gasteiger partial charge is 0.241 e. The first-order chi connectivity index (χ1) is 9.15. The molecule has 2 aliphatic rings. The van der Waals surface area contributed by atoms with Gasteiger partial charge in [0.2, 0.25) is 11.8 Å². The maximum Gasteiger partial charge on any atom is 0.241 e. The lowest BCUT2D eigenvalue weighted by Gasteiger charge is -2.38. The molecule has 108 valence electrons. The highest BCUT2D eigenvalue weighted by atomic mass is 16.2. The van der Waals surface area contributed by atoms with E-state index in [0.717, 1.165) is 45.4 Å². The molecule has 2 aliphatic heterocycles. The summed E-state index contributed by atoms with van der Waals surface area (Å²) >= 11 is 0. The minimum absolute atomic E-state index is 0.0238. The first-order valence-corrected chi connectivity index (χ1v) is 7.40. The molecule has 2 saturated heterocycles. The highest BCUT2D eigenvalue weighted by molar-refractivity contribution is 5.84. The second kappa shape index (κ2) is 6.37. The molecular formula is C14H25N3O2. The standard InChI is InChI=1S/C14H25N3O2/c1-2-3-12(18)16-10-13(19)17-8-5-14(6-9-17)4-7-15-11-14/h15H,2-11H2,1H3,(H,16,18). The van der Waals surface area contributed by atoms with Crippen molar-refractivity contribution >= 4 is 11.8 Å². The Hall–Kier alpha value is -1.10. The number of nitrogens with zero attached hydrogens (tertiary/aromatic N) is 1. The lowest BCUT2D eigenvalue weighted by Crippen LogP contribution is -2.47. The predicted molar refractivity (Wildman–Crippen MR) is 73.7 cm³/mol. The van der Waals surface area contributed by atoms with Gasteiger partial charge in [-0.2, -0.15) is 0 Å². The Kier molecular flexibility index (Phi) is 4.80. The number of hydrogen-bond acceptors (Lipinski definition) is 3. The molecule has 5 heteroatoms. The van der Waals surface area contributed by atoms with Crippen molar-refractivity contribution in [1.82, 2.24) is 15.5 Å². The largest absolute Gasteiger partial charge is 0.347 e. The number of piperidine rings is 1. The van der Waals surface area contributed by atoms with Gasteiger partial charge in [-0.05, 0) is 37.6 Å². The van der Waals surface area contributed by atoms with E-state index in [1.807, 2.05) is 11.8 Å². The van der Waals surface area contributed by atoms with Crippen LogP contribution in [0.15, 0.2) is 0 Å². The number of rotatable bonds is 4. The number of hydrogen-bond donors (Lipinski definition) is 2. The number of carbonyl (C=O) groups excluding carboxylic acids is 2. The molecule has 0 aromatic carbocycles. The van der Waals surface area contributed by atoms with E-state index in [4.69, 9.17) is 0 Å². The van der Waals surface area contributed by atoms with Gasteiger partial charge in [0.25, 0.3) is 0 Å². The van der Waals surface area contributed by atoms with Gasteiger partial charge in [-0.25, -0.2) is 0 Å². The molecule has 2 fully saturated rings. The van der Waals surface area contributed by atoms with Crippen LogP contribution in [0.1, 0.15) is 39.0 Å². The van der Waals surface area contributed by atoms with Crippen molar-refractivity contribution in [3.8, 4) is 0 Å². The summed E-state index contributed by atoms with van der Waals surface area (Å²) in [6, 6.07) is 0. The van der Waals surface area contributed by atoms with Crippen LogP contribution in [0.2, 0.25) is 0 Å². The second-order valence-corrected chi connectivity index (χ2v) is 5.83. The van der Waals surface area contributed by atoms with E-state index < -0.39 is 0 Å². The fraction of sp³-hybridized carbons (Fsp3) is 0.857. The Morgan fingerprint density at radius 3 is 2.58 bits per heavy atom. The van der Waals surface area contributed by atoms with Crippen LogP contribution in [0.5, 0.6) is 0 Å². The third-order valence-electron chi connectivity index (χ3n) is 4.42. The monoisotopic (exact) mass is 267 g/mol. The Balaban J connectivity index is 1.71. The molecule has 0 aromatic rings. The van der Waals surface area contributed by atoms with Crippen LogP contribution in [0.3, 0.4) is 0 Å². The Labute approximate surface area is 115 Å². The number of amides is 2. The third-order valence-corrected chi connectivity index (χ3v) is 4.42. The summed E-state index contributed by atoms with van der Waals surface area (Å²) in [5, 5.41) is 6.12. The quantitative estimate of drug-likeness (QED) is 0.780. The molecule has 0 radical (unpaired) electrons. The summed E-state index contributed by atoms with van der Waals surface area (Å²) in [6.07, 6.45) is 4.74. The maximum absolute atomic E-state index is 12.0. The molecule has 5 nitrogen and oxygen atoms in total. The second-order valence-electron chi connectivity index (χ2n) is 5.83. The third kappa shape index (κ3) is 3.69. The Morgan fingerprint density at radius 1 is 1.26 bits per heavy atom. The summed E-state index contributed by atoms with van der Waals surface area (Å²) < 4.78 is 0. The first kappa shape index (κ1) is 14.3. The molecule has 0 bridgehead atoms. The van der Waals surface area contributed by atoms with Crippen molar-refractivity contribution in [2.75, 3.05) is 32.7 Å². The van der Waals surface area contributed by atoms with Crippen molar-refractivity contribution < 1.29 is 9.59 Å².